The summed E-state index contributed by atoms with van der Waals surface area (Å²) in [7, 11) is 3.05. The third-order valence-corrected chi connectivity index (χ3v) is 8.58. The molecule has 10 N–H and O–H groups in total. The maximum atomic E-state index is 12.1. The lowest BCUT2D eigenvalue weighted by atomic mass is 9.85. The van der Waals surface area contributed by atoms with Crippen molar-refractivity contribution in [2.75, 3.05) is 26.6 Å². The van der Waals surface area contributed by atoms with E-state index in [-0.39, 0.29) is 24.1 Å². The molecule has 1 saturated heterocycles. The zero-order valence-electron chi connectivity index (χ0n) is 26.3. The van der Waals surface area contributed by atoms with E-state index in [1.165, 1.54) is 14.2 Å². The van der Waals surface area contributed by atoms with Crippen LogP contribution >= 0.6 is 0 Å². The standard InChI is InChI=1S/C32H36N4O13/c1-43-17-5-4-14-16-11-45-18-8-13(7-15(12-3-6-19(33)36-10-12)22(18)26(16)48-27(14)28(17)44-2)46-32-25(42)23(40)24(41)29(49-32)30(31(34)35)47-21(39)9-20(37)38/h3-8,10,16,23-26,29-32,40-42H,9,11,34-35H2,1-2H3,(H2,33,36)(H,37,38)/t16-,23-,24-,25+,26-,29-,30-,32-/m0/s1. The minimum Gasteiger partial charge on any atom is -0.493 e. The molecular weight excluding hydrogens is 648 g/mol. The van der Waals surface area contributed by atoms with Gasteiger partial charge in [-0.3, -0.25) is 9.59 Å². The molecule has 0 bridgehead atoms. The highest BCUT2D eigenvalue weighted by molar-refractivity contribution is 5.90. The van der Waals surface area contributed by atoms with E-state index in [2.05, 4.69) is 4.98 Å². The summed E-state index contributed by atoms with van der Waals surface area (Å²) < 4.78 is 40.8. The lowest BCUT2D eigenvalue weighted by Gasteiger charge is -2.43. The first-order valence-electron chi connectivity index (χ1n) is 15.1. The number of methoxy groups -OCH3 is 2. The van der Waals surface area contributed by atoms with Crippen LogP contribution < -0.4 is 40.9 Å². The number of carbonyl (C=O) groups excluding carboxylic acids is 1. The predicted octanol–water partition coefficient (Wildman–Crippen LogP) is -0.226. The number of anilines is 1. The van der Waals surface area contributed by atoms with Crippen molar-refractivity contribution in [1.29, 1.82) is 0 Å². The topological polar surface area (TPSA) is 271 Å². The Bertz CT molecular complexity index is 1720. The van der Waals surface area contributed by atoms with Gasteiger partial charge in [-0.25, -0.2) is 4.98 Å². The van der Waals surface area contributed by atoms with Crippen molar-refractivity contribution in [3.63, 3.8) is 0 Å². The molecule has 17 heteroatoms. The Hall–Kier alpha value is -4.91. The molecule has 1 fully saturated rings. The quantitative estimate of drug-likeness (QED) is 0.0825. The van der Waals surface area contributed by atoms with Crippen molar-refractivity contribution >= 4 is 17.8 Å². The van der Waals surface area contributed by atoms with Crippen LogP contribution in [-0.4, -0.2) is 101 Å². The van der Waals surface area contributed by atoms with Crippen LogP contribution in [0.15, 0.2) is 42.6 Å². The van der Waals surface area contributed by atoms with E-state index in [0.717, 1.165) is 5.56 Å². The fourth-order valence-electron chi connectivity index (χ4n) is 6.26. The van der Waals surface area contributed by atoms with E-state index in [1.807, 2.05) is 6.07 Å². The van der Waals surface area contributed by atoms with Gasteiger partial charge in [-0.2, -0.15) is 0 Å². The molecule has 4 heterocycles. The number of hydrogen-bond acceptors (Lipinski definition) is 16. The van der Waals surface area contributed by atoms with Gasteiger partial charge in [-0.05, 0) is 29.8 Å². The molecule has 2 aromatic carbocycles. The van der Waals surface area contributed by atoms with E-state index in [4.69, 9.17) is 55.5 Å². The molecule has 0 spiro atoms. The van der Waals surface area contributed by atoms with Gasteiger partial charge in [0.25, 0.3) is 0 Å². The number of carboxylic acid groups (broad SMARTS) is 1. The lowest BCUT2D eigenvalue weighted by Crippen LogP contribution is -2.66. The number of nitrogen functional groups attached to an aromatic ring is 1. The van der Waals surface area contributed by atoms with Crippen LogP contribution in [-0.2, 0) is 19.1 Å². The minimum absolute atomic E-state index is 0.0987. The van der Waals surface area contributed by atoms with Gasteiger partial charge < -0.3 is 70.8 Å². The molecule has 0 radical (unpaired) electrons. The predicted molar refractivity (Wildman–Crippen MR) is 167 cm³/mol. The summed E-state index contributed by atoms with van der Waals surface area (Å²) in [4.78, 5) is 27.4. The molecule has 6 rings (SSSR count). The van der Waals surface area contributed by atoms with Gasteiger partial charge in [0.15, 0.2) is 17.6 Å². The Morgan fingerprint density at radius 2 is 1.82 bits per heavy atom. The summed E-state index contributed by atoms with van der Waals surface area (Å²) in [5.41, 5.74) is 20.1. The van der Waals surface area contributed by atoms with Crippen LogP contribution in [0.1, 0.15) is 29.6 Å². The average Bonchev–Trinajstić information content (AvgIpc) is 3.45. The van der Waals surface area contributed by atoms with Crippen LogP contribution in [0.5, 0.6) is 28.7 Å². The number of rotatable bonds is 10. The molecule has 0 saturated carbocycles. The Kier molecular flexibility index (Phi) is 9.39. The summed E-state index contributed by atoms with van der Waals surface area (Å²) in [5.74, 6) is -0.706. The van der Waals surface area contributed by atoms with E-state index in [1.54, 1.807) is 36.5 Å². The highest BCUT2D eigenvalue weighted by Crippen LogP contribution is 2.58. The van der Waals surface area contributed by atoms with Crippen molar-refractivity contribution < 1.29 is 63.2 Å². The molecule has 0 aliphatic carbocycles. The third-order valence-electron chi connectivity index (χ3n) is 8.58. The first-order chi connectivity index (χ1) is 23.4. The summed E-state index contributed by atoms with van der Waals surface area (Å²) in [5, 5.41) is 41.3. The fraction of sp³-hybridized carbons (Fsp3) is 0.406. The maximum absolute atomic E-state index is 12.1. The van der Waals surface area contributed by atoms with Gasteiger partial charge in [-0.1, -0.05) is 6.07 Å². The van der Waals surface area contributed by atoms with Gasteiger partial charge in [-0.15, -0.1) is 0 Å². The largest absolute Gasteiger partial charge is 0.493 e. The van der Waals surface area contributed by atoms with Gasteiger partial charge in [0.05, 0.1) is 32.9 Å². The monoisotopic (exact) mass is 684 g/mol. The number of aliphatic hydroxyl groups is 3. The molecule has 262 valence electrons. The summed E-state index contributed by atoms with van der Waals surface area (Å²) in [6.07, 6.45) is -12.0. The number of aliphatic hydroxyl groups excluding tert-OH is 3. The van der Waals surface area contributed by atoms with Crippen LogP contribution in [0, 0.1) is 0 Å². The second kappa shape index (κ2) is 13.5. The zero-order chi connectivity index (χ0) is 35.1. The van der Waals surface area contributed by atoms with Gasteiger partial charge >= 0.3 is 11.9 Å². The highest BCUT2D eigenvalue weighted by Gasteiger charge is 2.50. The number of esters is 1. The summed E-state index contributed by atoms with van der Waals surface area (Å²) >= 11 is 0. The number of pyridine rings is 1. The normalized spacial score (nSPS) is 25.9. The van der Waals surface area contributed by atoms with Crippen LogP contribution in [0.25, 0.3) is 11.1 Å². The van der Waals surface area contributed by atoms with Gasteiger partial charge in [0, 0.05) is 29.0 Å². The van der Waals surface area contributed by atoms with E-state index in [0.29, 0.717) is 39.7 Å². The number of ether oxygens (including phenoxy) is 7. The second-order valence-corrected chi connectivity index (χ2v) is 11.7. The van der Waals surface area contributed by atoms with Crippen molar-refractivity contribution in [1.82, 2.24) is 4.98 Å². The Morgan fingerprint density at radius 1 is 1.04 bits per heavy atom. The van der Waals surface area contributed by atoms with Crippen molar-refractivity contribution in [3.8, 4) is 39.9 Å². The molecule has 3 aliphatic rings. The van der Waals surface area contributed by atoms with Crippen LogP contribution in [0.4, 0.5) is 5.82 Å². The average molecular weight is 685 g/mol. The Labute approximate surface area is 279 Å². The number of aliphatic carboxylic acids is 1. The first kappa shape index (κ1) is 34.0. The van der Waals surface area contributed by atoms with Crippen molar-refractivity contribution in [3.05, 3.63) is 53.7 Å². The van der Waals surface area contributed by atoms with E-state index >= 15 is 0 Å². The summed E-state index contributed by atoms with van der Waals surface area (Å²) in [6.45, 7) is 0.219. The zero-order valence-corrected chi connectivity index (χ0v) is 26.3. The van der Waals surface area contributed by atoms with Crippen molar-refractivity contribution in [2.24, 2.45) is 11.5 Å². The third kappa shape index (κ3) is 6.34. The number of nitrogens with two attached hydrogens (primary N) is 3. The molecule has 1 aromatic heterocycles. The SMILES string of the molecule is COc1ccc2c(c1OC)O[C@@H]1c3c(cc(O[C@H]4O[C@H]([C@H](OC(=O)CC(=O)O)C(N)N)[C@@H](O)[C@H](O)[C@H]4O)cc3-c3ccc(N)nc3)OC[C@@H]21. The van der Waals surface area contributed by atoms with Gasteiger partial charge in [0.2, 0.25) is 12.0 Å². The van der Waals surface area contributed by atoms with E-state index < -0.39 is 67.4 Å². The fourth-order valence-corrected chi connectivity index (χ4v) is 6.26. The molecule has 8 atom stereocenters. The van der Waals surface area contributed by atoms with Crippen LogP contribution in [0.3, 0.4) is 0 Å². The number of fused-ring (bicyclic) bond motifs is 5. The molecule has 0 unspecified atom stereocenters. The lowest BCUT2D eigenvalue weighted by molar-refractivity contribution is -0.291. The Morgan fingerprint density at radius 3 is 2.47 bits per heavy atom. The number of hydrogen-bond donors (Lipinski definition) is 7. The minimum atomic E-state index is -1.88. The van der Waals surface area contributed by atoms with E-state index in [9.17, 15) is 24.9 Å². The Balaban J connectivity index is 1.36. The molecular formula is C32H36N4O13. The molecule has 3 aliphatic heterocycles. The number of benzene rings is 2. The summed E-state index contributed by atoms with van der Waals surface area (Å²) in [6, 6.07) is 10.2. The second-order valence-electron chi connectivity index (χ2n) is 11.7. The van der Waals surface area contributed by atoms with Gasteiger partial charge in [0.1, 0.15) is 54.3 Å². The smallest absolute Gasteiger partial charge is 0.317 e. The molecule has 49 heavy (non-hydrogen) atoms. The first-order valence-corrected chi connectivity index (χ1v) is 15.1. The number of carboxylic acids is 1. The molecule has 17 nitrogen and oxygen atoms in total. The van der Waals surface area contributed by atoms with Crippen molar-refractivity contribution in [2.45, 2.75) is 61.4 Å². The molecule has 3 aromatic rings. The number of carbonyl (C=O) groups is 2. The van der Waals surface area contributed by atoms with Crippen LogP contribution in [0.2, 0.25) is 0 Å². The highest BCUT2D eigenvalue weighted by atomic mass is 16.7. The maximum Gasteiger partial charge on any atom is 0.317 e. The number of nitrogens with zero attached hydrogens (tertiary/aromatic N) is 1. The molecule has 0 amide bonds. The number of aromatic nitrogens is 1.